The fraction of sp³-hybridized carbons (Fsp3) is 0.769. The van der Waals surface area contributed by atoms with E-state index in [1.807, 2.05) is 0 Å². The van der Waals surface area contributed by atoms with Gasteiger partial charge in [0.1, 0.15) is 0 Å². The number of hydrogen-bond donors (Lipinski definition) is 1. The zero-order valence-corrected chi connectivity index (χ0v) is 10.2. The van der Waals surface area contributed by atoms with Crippen LogP contribution in [-0.4, -0.2) is 15.3 Å². The van der Waals surface area contributed by atoms with Crippen molar-refractivity contribution in [3.63, 3.8) is 0 Å². The maximum atomic E-state index is 6.38. The molecule has 2 N–H and O–H groups in total. The van der Waals surface area contributed by atoms with Crippen molar-refractivity contribution in [1.29, 1.82) is 0 Å². The molecular formula is C13H21N3. The topological polar surface area (TPSA) is 43.8 Å². The number of nitrogens with zero attached hydrogens (tertiary/aromatic N) is 2. The zero-order chi connectivity index (χ0) is 11.4. The molecule has 88 valence electrons. The van der Waals surface area contributed by atoms with Gasteiger partial charge in [-0.2, -0.15) is 5.10 Å². The Hall–Kier alpha value is -0.830. The summed E-state index contributed by atoms with van der Waals surface area (Å²) < 4.78 is 2.08. The Morgan fingerprint density at radius 3 is 2.56 bits per heavy atom. The van der Waals surface area contributed by atoms with Gasteiger partial charge >= 0.3 is 0 Å². The predicted molar refractivity (Wildman–Crippen MR) is 64.1 cm³/mol. The first-order chi connectivity index (χ1) is 7.56. The summed E-state index contributed by atoms with van der Waals surface area (Å²) in [5.74, 6) is 0.649. The number of aromatic nitrogens is 2. The molecule has 1 aromatic rings. The smallest absolute Gasteiger partial charge is 0.0704 e. The van der Waals surface area contributed by atoms with E-state index >= 15 is 0 Å². The van der Waals surface area contributed by atoms with Crippen molar-refractivity contribution >= 4 is 0 Å². The van der Waals surface area contributed by atoms with Gasteiger partial charge in [0.05, 0.1) is 5.69 Å². The maximum Gasteiger partial charge on any atom is 0.0704 e. The summed E-state index contributed by atoms with van der Waals surface area (Å²) in [5.41, 5.74) is 7.96. The van der Waals surface area contributed by atoms with E-state index in [2.05, 4.69) is 30.8 Å². The first-order valence-corrected chi connectivity index (χ1v) is 6.39. The largest absolute Gasteiger partial charge is 0.324 e. The van der Waals surface area contributed by atoms with Gasteiger partial charge in [0.2, 0.25) is 0 Å². The van der Waals surface area contributed by atoms with Gasteiger partial charge < -0.3 is 5.73 Å². The second-order valence-electron chi connectivity index (χ2n) is 6.06. The highest BCUT2D eigenvalue weighted by atomic mass is 15.3. The van der Waals surface area contributed by atoms with Gasteiger partial charge in [0, 0.05) is 23.7 Å². The molecule has 0 atom stereocenters. The van der Waals surface area contributed by atoms with E-state index < -0.39 is 0 Å². The molecule has 2 fully saturated rings. The van der Waals surface area contributed by atoms with E-state index in [0.29, 0.717) is 5.92 Å². The minimum Gasteiger partial charge on any atom is -0.324 e. The Bertz CT molecular complexity index is 397. The van der Waals surface area contributed by atoms with E-state index in [-0.39, 0.29) is 11.0 Å². The molecule has 3 rings (SSSR count). The quantitative estimate of drug-likeness (QED) is 0.842. The predicted octanol–water partition coefficient (Wildman–Crippen LogP) is 2.06. The standard InChI is InChI=1S/C13H21N3/c1-10(2)9-16-8-3-11(15-16)12(4-5-12)13(14)6-7-13/h3,8,10H,4-7,9,14H2,1-2H3. The SMILES string of the molecule is CC(C)Cn1ccc(C2(C3(N)CC3)CC2)n1. The van der Waals surface area contributed by atoms with Gasteiger partial charge in [-0.1, -0.05) is 13.8 Å². The lowest BCUT2D eigenvalue weighted by Gasteiger charge is -2.20. The van der Waals surface area contributed by atoms with Crippen LogP contribution in [0.2, 0.25) is 0 Å². The van der Waals surface area contributed by atoms with Crippen LogP contribution in [0.5, 0.6) is 0 Å². The summed E-state index contributed by atoms with van der Waals surface area (Å²) in [6.07, 6.45) is 6.96. The Kier molecular flexibility index (Phi) is 2.00. The molecule has 1 heterocycles. The summed E-state index contributed by atoms with van der Waals surface area (Å²) in [5, 5.41) is 4.73. The Labute approximate surface area is 97.0 Å². The van der Waals surface area contributed by atoms with Crippen LogP contribution in [0.15, 0.2) is 12.3 Å². The monoisotopic (exact) mass is 219 g/mol. The fourth-order valence-electron chi connectivity index (χ4n) is 2.84. The minimum absolute atomic E-state index is 0.0873. The Morgan fingerprint density at radius 2 is 2.06 bits per heavy atom. The average molecular weight is 219 g/mol. The highest BCUT2D eigenvalue weighted by Crippen LogP contribution is 2.63. The second-order valence-corrected chi connectivity index (χ2v) is 6.06. The van der Waals surface area contributed by atoms with Crippen molar-refractivity contribution in [3.05, 3.63) is 18.0 Å². The Balaban J connectivity index is 1.82. The molecule has 0 unspecified atom stereocenters. The van der Waals surface area contributed by atoms with Crippen molar-refractivity contribution in [3.8, 4) is 0 Å². The van der Waals surface area contributed by atoms with Crippen LogP contribution in [0.3, 0.4) is 0 Å². The van der Waals surface area contributed by atoms with E-state index in [9.17, 15) is 0 Å². The molecule has 1 aromatic heterocycles. The summed E-state index contributed by atoms with van der Waals surface area (Å²) >= 11 is 0. The minimum atomic E-state index is 0.0873. The normalized spacial score (nSPS) is 24.8. The summed E-state index contributed by atoms with van der Waals surface area (Å²) in [7, 11) is 0. The second kappa shape index (κ2) is 3.10. The molecular weight excluding hydrogens is 198 g/mol. The van der Waals surface area contributed by atoms with Crippen LogP contribution in [0.1, 0.15) is 45.2 Å². The lowest BCUT2D eigenvalue weighted by molar-refractivity contribution is 0.451. The van der Waals surface area contributed by atoms with Gasteiger partial charge in [0.25, 0.3) is 0 Å². The molecule has 0 aliphatic heterocycles. The van der Waals surface area contributed by atoms with E-state index in [0.717, 1.165) is 6.54 Å². The van der Waals surface area contributed by atoms with Gasteiger partial charge in [-0.25, -0.2) is 0 Å². The molecule has 0 aromatic carbocycles. The molecule has 2 aliphatic rings. The maximum absolute atomic E-state index is 6.38. The molecule has 16 heavy (non-hydrogen) atoms. The molecule has 2 aliphatic carbocycles. The third kappa shape index (κ3) is 1.41. The average Bonchev–Trinajstić information content (AvgIpc) is 3.10. The van der Waals surface area contributed by atoms with Crippen LogP contribution in [0.4, 0.5) is 0 Å². The van der Waals surface area contributed by atoms with Crippen LogP contribution in [0.25, 0.3) is 0 Å². The summed E-state index contributed by atoms with van der Waals surface area (Å²) in [6, 6.07) is 2.18. The van der Waals surface area contributed by atoms with Crippen molar-refractivity contribution in [2.45, 2.75) is 57.0 Å². The Morgan fingerprint density at radius 1 is 1.38 bits per heavy atom. The van der Waals surface area contributed by atoms with Gasteiger partial charge in [-0.15, -0.1) is 0 Å². The van der Waals surface area contributed by atoms with Crippen molar-refractivity contribution in [2.75, 3.05) is 0 Å². The van der Waals surface area contributed by atoms with Crippen molar-refractivity contribution in [2.24, 2.45) is 11.7 Å². The molecule has 0 bridgehead atoms. The molecule has 0 amide bonds. The third-order valence-electron chi connectivity index (χ3n) is 4.17. The molecule has 0 saturated heterocycles. The van der Waals surface area contributed by atoms with E-state index in [4.69, 9.17) is 10.8 Å². The summed E-state index contributed by atoms with van der Waals surface area (Å²) in [4.78, 5) is 0. The lowest BCUT2D eigenvalue weighted by Crippen LogP contribution is -2.37. The number of nitrogens with two attached hydrogens (primary N) is 1. The fourth-order valence-corrected chi connectivity index (χ4v) is 2.84. The van der Waals surface area contributed by atoms with Gasteiger partial charge in [-0.05, 0) is 37.7 Å². The number of rotatable bonds is 4. The van der Waals surface area contributed by atoms with Crippen LogP contribution in [-0.2, 0) is 12.0 Å². The van der Waals surface area contributed by atoms with Gasteiger partial charge in [-0.3, -0.25) is 4.68 Å². The van der Waals surface area contributed by atoms with Crippen LogP contribution in [0, 0.1) is 5.92 Å². The van der Waals surface area contributed by atoms with Crippen LogP contribution >= 0.6 is 0 Å². The molecule has 3 heteroatoms. The lowest BCUT2D eigenvalue weighted by atomic mass is 9.91. The van der Waals surface area contributed by atoms with Crippen LogP contribution < -0.4 is 5.73 Å². The molecule has 3 nitrogen and oxygen atoms in total. The van der Waals surface area contributed by atoms with Crippen molar-refractivity contribution in [1.82, 2.24) is 9.78 Å². The van der Waals surface area contributed by atoms with Crippen molar-refractivity contribution < 1.29 is 0 Å². The van der Waals surface area contributed by atoms with Gasteiger partial charge in [0.15, 0.2) is 0 Å². The third-order valence-corrected chi connectivity index (χ3v) is 4.17. The van der Waals surface area contributed by atoms with E-state index in [1.54, 1.807) is 0 Å². The highest BCUT2D eigenvalue weighted by molar-refractivity contribution is 5.35. The number of hydrogen-bond acceptors (Lipinski definition) is 2. The first-order valence-electron chi connectivity index (χ1n) is 6.39. The molecule has 0 spiro atoms. The summed E-state index contributed by atoms with van der Waals surface area (Å²) in [6.45, 7) is 5.45. The highest BCUT2D eigenvalue weighted by Gasteiger charge is 2.65. The molecule has 0 radical (unpaired) electrons. The first kappa shape index (κ1) is 10.3. The van der Waals surface area contributed by atoms with E-state index in [1.165, 1.54) is 31.4 Å². The zero-order valence-electron chi connectivity index (χ0n) is 10.2. The molecule has 2 saturated carbocycles.